The zero-order valence-electron chi connectivity index (χ0n) is 13.2. The Kier molecular flexibility index (Phi) is 5.25. The summed E-state index contributed by atoms with van der Waals surface area (Å²) in [5, 5.41) is 23.6. The molecule has 0 fully saturated rings. The first-order valence-electron chi connectivity index (χ1n) is 7.29. The number of nitrogens with one attached hydrogen (secondary N) is 1. The Morgan fingerprint density at radius 1 is 1.25 bits per heavy atom. The van der Waals surface area contributed by atoms with E-state index in [0.717, 1.165) is 0 Å². The molecule has 0 aliphatic carbocycles. The molecule has 0 saturated heterocycles. The Bertz CT molecular complexity index is 762. The molecule has 7 heteroatoms. The van der Waals surface area contributed by atoms with Crippen molar-refractivity contribution in [2.24, 2.45) is 0 Å². The Hall–Kier alpha value is -2.80. The highest BCUT2D eigenvalue weighted by atomic mass is 19.1. The second-order valence-corrected chi connectivity index (χ2v) is 5.52. The molecule has 0 bridgehead atoms. The van der Waals surface area contributed by atoms with Crippen LogP contribution in [0.15, 0.2) is 42.5 Å². The van der Waals surface area contributed by atoms with Gasteiger partial charge in [-0.1, -0.05) is 12.1 Å². The van der Waals surface area contributed by atoms with Crippen LogP contribution in [0.3, 0.4) is 0 Å². The molecule has 0 unspecified atom stereocenters. The lowest BCUT2D eigenvalue weighted by atomic mass is 10.0. The predicted molar refractivity (Wildman–Crippen MR) is 86.1 cm³/mol. The van der Waals surface area contributed by atoms with Gasteiger partial charge in [0.15, 0.2) is 0 Å². The Balaban J connectivity index is 2.09. The Labute approximate surface area is 138 Å². The third-order valence-electron chi connectivity index (χ3n) is 3.70. The maximum atomic E-state index is 12.9. The number of hydrogen-bond acceptors (Lipinski definition) is 4. The quantitative estimate of drug-likeness (QED) is 0.650. The fourth-order valence-electron chi connectivity index (χ4n) is 2.32. The molecular weight excluding hydrogens is 315 g/mol. The van der Waals surface area contributed by atoms with Crippen molar-refractivity contribution < 1.29 is 19.2 Å². The van der Waals surface area contributed by atoms with Gasteiger partial charge in [0, 0.05) is 17.2 Å². The van der Waals surface area contributed by atoms with Crippen molar-refractivity contribution in [2.75, 3.05) is 0 Å². The first-order valence-corrected chi connectivity index (χ1v) is 7.29. The number of halogens is 1. The molecule has 2 aromatic carbocycles. The van der Waals surface area contributed by atoms with Crippen LogP contribution in [0.2, 0.25) is 0 Å². The number of nitro groups is 1. The fraction of sp³-hybridized carbons (Fsp3) is 0.235. The van der Waals surface area contributed by atoms with E-state index in [9.17, 15) is 24.4 Å². The molecule has 2 rings (SSSR count). The summed E-state index contributed by atoms with van der Waals surface area (Å²) in [5.74, 6) is -0.870. The van der Waals surface area contributed by atoms with Crippen LogP contribution in [-0.4, -0.2) is 22.0 Å². The van der Waals surface area contributed by atoms with Gasteiger partial charge >= 0.3 is 0 Å². The lowest BCUT2D eigenvalue weighted by Crippen LogP contribution is -2.37. The normalized spacial score (nSPS) is 13.2. The molecule has 0 saturated carbocycles. The number of hydrogen-bond donors (Lipinski definition) is 2. The van der Waals surface area contributed by atoms with Gasteiger partial charge in [0.2, 0.25) is 0 Å². The summed E-state index contributed by atoms with van der Waals surface area (Å²) in [6.07, 6.45) is -1.01. The van der Waals surface area contributed by atoms with E-state index in [2.05, 4.69) is 5.32 Å². The maximum Gasteiger partial charge on any atom is 0.272 e. The van der Waals surface area contributed by atoms with Gasteiger partial charge in [-0.2, -0.15) is 0 Å². The van der Waals surface area contributed by atoms with E-state index in [-0.39, 0.29) is 11.3 Å². The van der Waals surface area contributed by atoms with E-state index in [4.69, 9.17) is 0 Å². The summed E-state index contributed by atoms with van der Waals surface area (Å²) in [6.45, 7) is 3.16. The number of carbonyl (C=O) groups excluding carboxylic acids is 1. The number of aliphatic hydroxyl groups is 1. The smallest absolute Gasteiger partial charge is 0.272 e. The molecule has 0 aliphatic heterocycles. The first-order chi connectivity index (χ1) is 11.3. The van der Waals surface area contributed by atoms with Crippen molar-refractivity contribution in [3.63, 3.8) is 0 Å². The van der Waals surface area contributed by atoms with Gasteiger partial charge in [0.05, 0.1) is 17.1 Å². The van der Waals surface area contributed by atoms with E-state index < -0.39 is 28.8 Å². The van der Waals surface area contributed by atoms with Crippen LogP contribution in [0.4, 0.5) is 10.1 Å². The third kappa shape index (κ3) is 3.94. The maximum absolute atomic E-state index is 12.9. The Morgan fingerprint density at radius 2 is 1.88 bits per heavy atom. The van der Waals surface area contributed by atoms with Crippen LogP contribution in [0.1, 0.15) is 34.5 Å². The monoisotopic (exact) mass is 332 g/mol. The van der Waals surface area contributed by atoms with Gasteiger partial charge in [0.1, 0.15) is 5.82 Å². The molecular formula is C17H17FN2O4. The number of carbonyl (C=O) groups is 1. The van der Waals surface area contributed by atoms with Crippen LogP contribution in [0, 0.1) is 22.9 Å². The summed E-state index contributed by atoms with van der Waals surface area (Å²) in [7, 11) is 0. The van der Waals surface area contributed by atoms with Gasteiger partial charge in [-0.15, -0.1) is 0 Å². The van der Waals surface area contributed by atoms with Gasteiger partial charge in [-0.3, -0.25) is 14.9 Å². The van der Waals surface area contributed by atoms with E-state index in [1.807, 2.05) is 0 Å². The molecule has 24 heavy (non-hydrogen) atoms. The topological polar surface area (TPSA) is 92.5 Å². The standard InChI is InChI=1S/C17H17FN2O4/c1-10-9-13(5-8-15(10)20(23)24)17(22)19-11(2)16(21)12-3-6-14(18)7-4-12/h3-9,11,16,21H,1-2H3,(H,19,22)/t11-,16-/m0/s1. The van der Waals surface area contributed by atoms with Crippen molar-refractivity contribution in [3.8, 4) is 0 Å². The molecule has 2 aromatic rings. The largest absolute Gasteiger partial charge is 0.386 e. The third-order valence-corrected chi connectivity index (χ3v) is 3.70. The fourth-order valence-corrected chi connectivity index (χ4v) is 2.32. The lowest BCUT2D eigenvalue weighted by molar-refractivity contribution is -0.385. The molecule has 0 heterocycles. The zero-order valence-corrected chi connectivity index (χ0v) is 13.2. The van der Waals surface area contributed by atoms with Gasteiger partial charge < -0.3 is 10.4 Å². The number of rotatable bonds is 5. The van der Waals surface area contributed by atoms with Crippen LogP contribution in [0.5, 0.6) is 0 Å². The minimum atomic E-state index is -1.01. The van der Waals surface area contributed by atoms with E-state index in [0.29, 0.717) is 11.1 Å². The molecule has 0 spiro atoms. The first kappa shape index (κ1) is 17.6. The summed E-state index contributed by atoms with van der Waals surface area (Å²) < 4.78 is 12.9. The molecule has 2 N–H and O–H groups in total. The molecule has 2 atom stereocenters. The van der Waals surface area contributed by atoms with Crippen LogP contribution < -0.4 is 5.32 Å². The summed E-state index contributed by atoms with van der Waals surface area (Å²) in [5.41, 5.74) is 1.05. The van der Waals surface area contributed by atoms with E-state index >= 15 is 0 Å². The van der Waals surface area contributed by atoms with E-state index in [1.54, 1.807) is 13.8 Å². The van der Waals surface area contributed by atoms with Crippen molar-refractivity contribution in [3.05, 3.63) is 75.1 Å². The van der Waals surface area contributed by atoms with Crippen molar-refractivity contribution in [2.45, 2.75) is 26.0 Å². The minimum Gasteiger partial charge on any atom is -0.386 e. The highest BCUT2D eigenvalue weighted by Crippen LogP contribution is 2.20. The summed E-state index contributed by atoms with van der Waals surface area (Å²) >= 11 is 0. The van der Waals surface area contributed by atoms with Gasteiger partial charge in [-0.25, -0.2) is 4.39 Å². The van der Waals surface area contributed by atoms with Crippen molar-refractivity contribution >= 4 is 11.6 Å². The molecule has 1 amide bonds. The number of aliphatic hydroxyl groups excluding tert-OH is 1. The number of benzene rings is 2. The molecule has 6 nitrogen and oxygen atoms in total. The highest BCUT2D eigenvalue weighted by molar-refractivity contribution is 5.94. The minimum absolute atomic E-state index is 0.0639. The predicted octanol–water partition coefficient (Wildman–Crippen LogP) is 2.89. The van der Waals surface area contributed by atoms with E-state index in [1.165, 1.54) is 42.5 Å². The SMILES string of the molecule is Cc1cc(C(=O)N[C@@H](C)[C@H](O)c2ccc(F)cc2)ccc1[N+](=O)[O-]. The molecule has 0 aliphatic rings. The lowest BCUT2D eigenvalue weighted by Gasteiger charge is -2.20. The number of nitro benzene ring substituents is 1. The Morgan fingerprint density at radius 3 is 2.42 bits per heavy atom. The van der Waals surface area contributed by atoms with Crippen molar-refractivity contribution in [1.29, 1.82) is 0 Å². The number of aryl methyl sites for hydroxylation is 1. The average Bonchev–Trinajstić information content (AvgIpc) is 2.54. The van der Waals surface area contributed by atoms with Crippen LogP contribution >= 0.6 is 0 Å². The number of nitrogens with zero attached hydrogens (tertiary/aromatic N) is 1. The highest BCUT2D eigenvalue weighted by Gasteiger charge is 2.20. The van der Waals surface area contributed by atoms with Gasteiger partial charge in [-0.05, 0) is 43.7 Å². The zero-order chi connectivity index (χ0) is 17.9. The van der Waals surface area contributed by atoms with Crippen LogP contribution in [0.25, 0.3) is 0 Å². The van der Waals surface area contributed by atoms with Gasteiger partial charge in [0.25, 0.3) is 11.6 Å². The average molecular weight is 332 g/mol. The second-order valence-electron chi connectivity index (χ2n) is 5.52. The van der Waals surface area contributed by atoms with Crippen LogP contribution in [-0.2, 0) is 0 Å². The molecule has 0 aromatic heterocycles. The van der Waals surface area contributed by atoms with Crippen molar-refractivity contribution in [1.82, 2.24) is 5.32 Å². The second kappa shape index (κ2) is 7.18. The molecule has 126 valence electrons. The summed E-state index contributed by atoms with van der Waals surface area (Å²) in [6, 6.07) is 8.77. The summed E-state index contributed by atoms with van der Waals surface area (Å²) in [4.78, 5) is 22.5. The molecule has 0 radical (unpaired) electrons. The number of amides is 1.